The number of halogens is 6. The summed E-state index contributed by atoms with van der Waals surface area (Å²) in [6.07, 6.45) is -8.27. The molecule has 0 heterocycles. The molecule has 0 aromatic heterocycles. The predicted octanol–water partition coefficient (Wildman–Crippen LogP) is 4.36. The number of rotatable bonds is 11. The monoisotopic (exact) mass is 380 g/mol. The van der Waals surface area contributed by atoms with Crippen LogP contribution in [0.25, 0.3) is 0 Å². The van der Waals surface area contributed by atoms with Gasteiger partial charge in [0.2, 0.25) is 0 Å². The summed E-state index contributed by atoms with van der Waals surface area (Å²) in [4.78, 5) is 22.6. The largest absolute Gasteiger partial charge is 0.463 e. The van der Waals surface area contributed by atoms with Crippen molar-refractivity contribution >= 4 is 11.9 Å². The number of esters is 2. The van der Waals surface area contributed by atoms with Crippen molar-refractivity contribution in [1.29, 1.82) is 0 Å². The van der Waals surface area contributed by atoms with E-state index in [4.69, 9.17) is 4.74 Å². The molecular weight excluding hydrogens is 358 g/mol. The van der Waals surface area contributed by atoms with Gasteiger partial charge >= 0.3 is 24.0 Å². The number of hydrogen-bond acceptors (Lipinski definition) is 4. The predicted molar refractivity (Wildman–Crippen MR) is 75.8 cm³/mol. The average Bonchev–Trinajstić information content (AvgIpc) is 2.49. The van der Waals surface area contributed by atoms with Crippen molar-refractivity contribution in [3.8, 4) is 0 Å². The minimum Gasteiger partial charge on any atom is -0.463 e. The number of hydrogen-bond donors (Lipinski definition) is 0. The van der Waals surface area contributed by atoms with Gasteiger partial charge in [0.05, 0.1) is 18.9 Å². The lowest BCUT2D eigenvalue weighted by atomic mass is 10.1. The lowest BCUT2D eigenvalue weighted by molar-refractivity contribution is -0.254. The summed E-state index contributed by atoms with van der Waals surface area (Å²) in [5, 5.41) is 0. The van der Waals surface area contributed by atoms with Gasteiger partial charge in [-0.15, -0.1) is 0 Å². The van der Waals surface area contributed by atoms with Gasteiger partial charge in [-0.3, -0.25) is 9.59 Å². The molecule has 0 aliphatic heterocycles. The summed E-state index contributed by atoms with van der Waals surface area (Å²) >= 11 is 0. The molecule has 2 unspecified atom stereocenters. The van der Waals surface area contributed by atoms with Crippen molar-refractivity contribution in [2.45, 2.75) is 76.7 Å². The molecule has 0 bridgehead atoms. The molecule has 0 N–H and O–H groups in total. The van der Waals surface area contributed by atoms with Crippen LogP contribution in [0.15, 0.2) is 0 Å². The van der Waals surface area contributed by atoms with Crippen LogP contribution in [0.1, 0.15) is 52.4 Å². The van der Waals surface area contributed by atoms with Gasteiger partial charge in [0.1, 0.15) is 0 Å². The van der Waals surface area contributed by atoms with Gasteiger partial charge in [0.15, 0.2) is 6.61 Å². The molecule has 4 nitrogen and oxygen atoms in total. The first-order valence-electron chi connectivity index (χ1n) is 7.83. The second-order valence-corrected chi connectivity index (χ2v) is 5.62. The minimum atomic E-state index is -5.77. The van der Waals surface area contributed by atoms with E-state index in [0.717, 1.165) is 19.3 Å². The molecular formula is C15H22F6O4. The van der Waals surface area contributed by atoms with Crippen LogP contribution in [0, 0.1) is 0 Å². The zero-order valence-electron chi connectivity index (χ0n) is 14.0. The normalized spacial score (nSPS) is 14.7. The number of unbranched alkanes of at least 4 members (excludes halogenated alkanes) is 2. The van der Waals surface area contributed by atoms with Gasteiger partial charge < -0.3 is 9.47 Å². The van der Waals surface area contributed by atoms with Crippen LogP contribution in [0.5, 0.6) is 0 Å². The van der Waals surface area contributed by atoms with E-state index in [1.165, 1.54) is 0 Å². The van der Waals surface area contributed by atoms with E-state index in [2.05, 4.69) is 4.74 Å². The molecule has 0 aromatic carbocycles. The van der Waals surface area contributed by atoms with Crippen LogP contribution in [-0.4, -0.2) is 42.9 Å². The summed E-state index contributed by atoms with van der Waals surface area (Å²) in [5.74, 6) is -7.00. The number of alkyl halides is 6. The molecule has 148 valence electrons. The summed E-state index contributed by atoms with van der Waals surface area (Å²) in [7, 11) is 0. The second kappa shape index (κ2) is 10.5. The molecule has 10 heteroatoms. The van der Waals surface area contributed by atoms with Crippen molar-refractivity contribution in [2.24, 2.45) is 0 Å². The molecule has 25 heavy (non-hydrogen) atoms. The highest BCUT2D eigenvalue weighted by Gasteiger charge is 2.57. The van der Waals surface area contributed by atoms with E-state index in [9.17, 15) is 35.9 Å². The molecule has 0 rings (SSSR count). The van der Waals surface area contributed by atoms with Gasteiger partial charge in [0.25, 0.3) is 6.17 Å². The topological polar surface area (TPSA) is 52.6 Å². The number of carbonyl (C=O) groups excluding carboxylic acids is 2. The Morgan fingerprint density at radius 3 is 2.08 bits per heavy atom. The maximum Gasteiger partial charge on any atom is 0.425 e. The van der Waals surface area contributed by atoms with Crippen molar-refractivity contribution in [3.05, 3.63) is 0 Å². The van der Waals surface area contributed by atoms with Gasteiger partial charge in [0, 0.05) is 0 Å². The van der Waals surface area contributed by atoms with Gasteiger partial charge in [-0.1, -0.05) is 19.8 Å². The van der Waals surface area contributed by atoms with E-state index < -0.39 is 49.7 Å². The molecule has 0 saturated carbocycles. The third-order valence-electron chi connectivity index (χ3n) is 3.16. The van der Waals surface area contributed by atoms with E-state index in [-0.39, 0.29) is 6.10 Å². The summed E-state index contributed by atoms with van der Waals surface area (Å²) in [5.41, 5.74) is 0. The second-order valence-electron chi connectivity index (χ2n) is 5.62. The molecule has 0 fully saturated rings. The highest BCUT2D eigenvalue weighted by atomic mass is 19.4. The molecule has 0 aromatic rings. The molecule has 0 spiro atoms. The van der Waals surface area contributed by atoms with Crippen LogP contribution < -0.4 is 0 Å². The van der Waals surface area contributed by atoms with Crippen LogP contribution in [0.3, 0.4) is 0 Å². The maximum atomic E-state index is 12.9. The molecule has 2 atom stereocenters. The highest BCUT2D eigenvalue weighted by Crippen LogP contribution is 2.35. The summed E-state index contributed by atoms with van der Waals surface area (Å²) in [6, 6.07) is 0. The lowest BCUT2D eigenvalue weighted by Gasteiger charge is -2.22. The maximum absolute atomic E-state index is 12.9. The first-order chi connectivity index (χ1) is 11.4. The van der Waals surface area contributed by atoms with Crippen LogP contribution in [0.2, 0.25) is 0 Å². The Balaban J connectivity index is 4.13. The quantitative estimate of drug-likeness (QED) is 0.304. The fourth-order valence-electron chi connectivity index (χ4n) is 1.79. The van der Waals surface area contributed by atoms with E-state index >= 15 is 0 Å². The fraction of sp³-hybridized carbons (Fsp3) is 0.867. The van der Waals surface area contributed by atoms with Crippen molar-refractivity contribution in [1.82, 2.24) is 0 Å². The smallest absolute Gasteiger partial charge is 0.425 e. The number of carbonyl (C=O) groups is 2. The van der Waals surface area contributed by atoms with Crippen molar-refractivity contribution < 1.29 is 45.4 Å². The Hall–Kier alpha value is -1.48. The Bertz CT molecular complexity index is 425. The van der Waals surface area contributed by atoms with Crippen LogP contribution in [0.4, 0.5) is 26.3 Å². The average molecular weight is 380 g/mol. The van der Waals surface area contributed by atoms with E-state index in [1.54, 1.807) is 6.92 Å². The highest BCUT2D eigenvalue weighted by molar-refractivity contribution is 5.77. The van der Waals surface area contributed by atoms with E-state index in [0.29, 0.717) is 6.42 Å². The molecule has 0 amide bonds. The minimum absolute atomic E-state index is 0.376. The summed E-state index contributed by atoms with van der Waals surface area (Å²) < 4.78 is 83.0. The SMILES string of the molecule is CCCCCC(C)OC(=O)CCC(=O)OCC(F)(F)C(F)C(F)(F)F. The lowest BCUT2D eigenvalue weighted by Crippen LogP contribution is -2.45. The molecule has 0 saturated heterocycles. The standard InChI is InChI=1S/C15H22F6O4/c1-3-4-5-6-10(2)25-12(23)8-7-11(22)24-9-14(17,18)13(16)15(19,20)21/h10,13H,3-9H2,1-2H3. The van der Waals surface area contributed by atoms with Crippen molar-refractivity contribution in [3.63, 3.8) is 0 Å². The first kappa shape index (κ1) is 23.5. The molecule has 0 aliphatic carbocycles. The zero-order valence-corrected chi connectivity index (χ0v) is 14.0. The third-order valence-corrected chi connectivity index (χ3v) is 3.16. The number of ether oxygens (including phenoxy) is 2. The van der Waals surface area contributed by atoms with Gasteiger partial charge in [-0.05, 0) is 19.8 Å². The molecule has 0 aliphatic rings. The first-order valence-corrected chi connectivity index (χ1v) is 7.83. The third kappa shape index (κ3) is 10.2. The Morgan fingerprint density at radius 1 is 1.00 bits per heavy atom. The summed E-state index contributed by atoms with van der Waals surface area (Å²) in [6.45, 7) is 1.60. The van der Waals surface area contributed by atoms with Crippen molar-refractivity contribution in [2.75, 3.05) is 6.61 Å². The van der Waals surface area contributed by atoms with E-state index in [1.807, 2.05) is 6.92 Å². The Morgan fingerprint density at radius 2 is 1.56 bits per heavy atom. The zero-order chi connectivity index (χ0) is 19.7. The van der Waals surface area contributed by atoms with Crippen LogP contribution in [-0.2, 0) is 19.1 Å². The van der Waals surface area contributed by atoms with Crippen LogP contribution >= 0.6 is 0 Å². The van der Waals surface area contributed by atoms with Gasteiger partial charge in [-0.25, -0.2) is 4.39 Å². The van der Waals surface area contributed by atoms with Gasteiger partial charge in [-0.2, -0.15) is 22.0 Å². The Labute approximate surface area is 141 Å². The molecule has 0 radical (unpaired) electrons. The Kier molecular flexibility index (Phi) is 9.88. The fourth-order valence-corrected chi connectivity index (χ4v) is 1.79.